The predicted molar refractivity (Wildman–Crippen MR) is 71.5 cm³/mol. The molecule has 1 N–H and O–H groups in total. The molecular weight excluding hydrogens is 210 g/mol. The summed E-state index contributed by atoms with van der Waals surface area (Å²) in [6.07, 6.45) is 2.29. The molecule has 2 nitrogen and oxygen atoms in total. The summed E-state index contributed by atoms with van der Waals surface area (Å²) in [6, 6.07) is 7.00. The van der Waals surface area contributed by atoms with Gasteiger partial charge in [-0.05, 0) is 43.0 Å². The Labute approximate surface area is 104 Å². The summed E-state index contributed by atoms with van der Waals surface area (Å²) >= 11 is 0. The van der Waals surface area contributed by atoms with Crippen molar-refractivity contribution >= 4 is 0 Å². The summed E-state index contributed by atoms with van der Waals surface area (Å²) in [5, 5.41) is 3.58. The molecule has 0 spiro atoms. The molecule has 0 saturated heterocycles. The van der Waals surface area contributed by atoms with E-state index in [-0.39, 0.29) is 0 Å². The van der Waals surface area contributed by atoms with Crippen molar-refractivity contribution in [3.8, 4) is 5.75 Å². The van der Waals surface area contributed by atoms with Gasteiger partial charge >= 0.3 is 0 Å². The number of fused-ring (bicyclic) bond motifs is 1. The highest BCUT2D eigenvalue weighted by Gasteiger charge is 2.14. The highest BCUT2D eigenvalue weighted by Crippen LogP contribution is 2.28. The van der Waals surface area contributed by atoms with E-state index in [1.54, 1.807) is 0 Å². The van der Waals surface area contributed by atoms with Crippen molar-refractivity contribution in [1.82, 2.24) is 5.32 Å². The Hall–Kier alpha value is -1.02. The monoisotopic (exact) mass is 233 g/mol. The van der Waals surface area contributed by atoms with Crippen LogP contribution in [0.5, 0.6) is 5.75 Å². The molecule has 1 unspecified atom stereocenters. The third kappa shape index (κ3) is 3.22. The van der Waals surface area contributed by atoms with Crippen molar-refractivity contribution in [1.29, 1.82) is 0 Å². The van der Waals surface area contributed by atoms with Crippen LogP contribution in [0, 0.1) is 5.92 Å². The van der Waals surface area contributed by atoms with Crippen molar-refractivity contribution in [2.75, 3.05) is 13.2 Å². The lowest BCUT2D eigenvalue weighted by Gasteiger charge is -2.16. The van der Waals surface area contributed by atoms with Gasteiger partial charge in [0.25, 0.3) is 0 Å². The minimum Gasteiger partial charge on any atom is -0.493 e. The Morgan fingerprint density at radius 3 is 2.88 bits per heavy atom. The summed E-state index contributed by atoms with van der Waals surface area (Å²) in [6.45, 7) is 8.69. The van der Waals surface area contributed by atoms with E-state index in [1.165, 1.54) is 17.5 Å². The Kier molecular flexibility index (Phi) is 4.06. The summed E-state index contributed by atoms with van der Waals surface area (Å²) in [4.78, 5) is 0. The Morgan fingerprint density at radius 1 is 1.29 bits per heavy atom. The fraction of sp³-hybridized carbons (Fsp3) is 0.600. The van der Waals surface area contributed by atoms with Crippen LogP contribution < -0.4 is 10.1 Å². The minimum absolute atomic E-state index is 0.430. The summed E-state index contributed by atoms with van der Waals surface area (Å²) < 4.78 is 5.53. The third-order valence-corrected chi connectivity index (χ3v) is 3.39. The van der Waals surface area contributed by atoms with Crippen LogP contribution in [-0.2, 0) is 6.42 Å². The molecule has 0 saturated carbocycles. The average Bonchev–Trinajstić information content (AvgIpc) is 2.75. The van der Waals surface area contributed by atoms with E-state index in [0.29, 0.717) is 6.04 Å². The first-order valence-electron chi connectivity index (χ1n) is 6.66. The van der Waals surface area contributed by atoms with Gasteiger partial charge in [-0.1, -0.05) is 26.0 Å². The van der Waals surface area contributed by atoms with E-state index in [4.69, 9.17) is 4.74 Å². The zero-order chi connectivity index (χ0) is 12.3. The summed E-state index contributed by atoms with van der Waals surface area (Å²) in [7, 11) is 0. The van der Waals surface area contributed by atoms with Crippen LogP contribution in [0.1, 0.15) is 44.4 Å². The first kappa shape index (κ1) is 12.4. The van der Waals surface area contributed by atoms with Crippen LogP contribution in [0.15, 0.2) is 18.2 Å². The van der Waals surface area contributed by atoms with Crippen LogP contribution in [0.2, 0.25) is 0 Å². The fourth-order valence-electron chi connectivity index (χ4n) is 2.18. The van der Waals surface area contributed by atoms with Gasteiger partial charge in [0.15, 0.2) is 0 Å². The first-order chi connectivity index (χ1) is 8.16. The largest absolute Gasteiger partial charge is 0.493 e. The number of rotatable bonds is 5. The number of benzene rings is 1. The van der Waals surface area contributed by atoms with Crippen molar-refractivity contribution in [3.63, 3.8) is 0 Å². The molecule has 0 radical (unpaired) electrons. The maximum Gasteiger partial charge on any atom is 0.122 e. The molecule has 0 bridgehead atoms. The highest BCUT2D eigenvalue weighted by atomic mass is 16.5. The molecule has 0 aliphatic carbocycles. The van der Waals surface area contributed by atoms with Crippen LogP contribution >= 0.6 is 0 Å². The van der Waals surface area contributed by atoms with Gasteiger partial charge < -0.3 is 10.1 Å². The molecule has 0 fully saturated rings. The normalized spacial score (nSPS) is 15.8. The van der Waals surface area contributed by atoms with Crippen LogP contribution in [0.25, 0.3) is 0 Å². The van der Waals surface area contributed by atoms with E-state index in [0.717, 1.165) is 31.2 Å². The molecule has 1 aliphatic rings. The van der Waals surface area contributed by atoms with Crippen molar-refractivity contribution in [2.24, 2.45) is 5.92 Å². The molecule has 0 aromatic heterocycles. The Bertz CT molecular complexity index is 373. The topological polar surface area (TPSA) is 21.3 Å². The molecule has 1 atom stereocenters. The number of hydrogen-bond acceptors (Lipinski definition) is 2. The Balaban J connectivity index is 1.92. The van der Waals surface area contributed by atoms with Gasteiger partial charge in [-0.2, -0.15) is 0 Å². The molecule has 94 valence electrons. The van der Waals surface area contributed by atoms with E-state index in [1.807, 2.05) is 0 Å². The highest BCUT2D eigenvalue weighted by molar-refractivity contribution is 5.40. The standard InChI is InChI=1S/C15H23NO/c1-11(2)6-8-16-12(3)13-4-5-15-14(10-13)7-9-17-15/h4-5,10-12,16H,6-9H2,1-3H3. The van der Waals surface area contributed by atoms with Crippen molar-refractivity contribution in [3.05, 3.63) is 29.3 Å². The minimum atomic E-state index is 0.430. The van der Waals surface area contributed by atoms with Crippen molar-refractivity contribution < 1.29 is 4.74 Å². The zero-order valence-electron chi connectivity index (χ0n) is 11.1. The van der Waals surface area contributed by atoms with Gasteiger partial charge in [0, 0.05) is 12.5 Å². The van der Waals surface area contributed by atoms with Crippen molar-refractivity contribution in [2.45, 2.75) is 39.7 Å². The molecule has 2 heteroatoms. The van der Waals surface area contributed by atoms with Gasteiger partial charge in [-0.3, -0.25) is 0 Å². The summed E-state index contributed by atoms with van der Waals surface area (Å²) in [5.41, 5.74) is 2.73. The van der Waals surface area contributed by atoms with Gasteiger partial charge in [-0.15, -0.1) is 0 Å². The lowest BCUT2D eigenvalue weighted by molar-refractivity contribution is 0.356. The summed E-state index contributed by atoms with van der Waals surface area (Å²) in [5.74, 6) is 1.84. The van der Waals surface area contributed by atoms with Crippen LogP contribution in [-0.4, -0.2) is 13.2 Å². The maximum absolute atomic E-state index is 5.53. The maximum atomic E-state index is 5.53. The number of nitrogens with one attached hydrogen (secondary N) is 1. The van der Waals surface area contributed by atoms with E-state index >= 15 is 0 Å². The van der Waals surface area contributed by atoms with Gasteiger partial charge in [0.05, 0.1) is 6.61 Å². The van der Waals surface area contributed by atoms with Gasteiger partial charge in [0.2, 0.25) is 0 Å². The molecular formula is C15H23NO. The van der Waals surface area contributed by atoms with Crippen LogP contribution in [0.3, 0.4) is 0 Å². The second-order valence-electron chi connectivity index (χ2n) is 5.32. The second kappa shape index (κ2) is 5.54. The van der Waals surface area contributed by atoms with Gasteiger partial charge in [0.1, 0.15) is 5.75 Å². The van der Waals surface area contributed by atoms with Crippen LogP contribution in [0.4, 0.5) is 0 Å². The van der Waals surface area contributed by atoms with E-state index in [2.05, 4.69) is 44.3 Å². The lowest BCUT2D eigenvalue weighted by Crippen LogP contribution is -2.21. The van der Waals surface area contributed by atoms with Gasteiger partial charge in [-0.25, -0.2) is 0 Å². The zero-order valence-corrected chi connectivity index (χ0v) is 11.1. The second-order valence-corrected chi connectivity index (χ2v) is 5.32. The molecule has 1 aromatic carbocycles. The van der Waals surface area contributed by atoms with E-state index in [9.17, 15) is 0 Å². The smallest absolute Gasteiger partial charge is 0.122 e. The molecule has 1 aromatic rings. The predicted octanol–water partition coefficient (Wildman–Crippen LogP) is 3.32. The molecule has 1 heterocycles. The van der Waals surface area contributed by atoms with E-state index < -0.39 is 0 Å². The number of hydrogen-bond donors (Lipinski definition) is 1. The lowest BCUT2D eigenvalue weighted by atomic mass is 10.0. The average molecular weight is 233 g/mol. The molecule has 0 amide bonds. The molecule has 2 rings (SSSR count). The third-order valence-electron chi connectivity index (χ3n) is 3.39. The number of ether oxygens (including phenoxy) is 1. The quantitative estimate of drug-likeness (QED) is 0.842. The Morgan fingerprint density at radius 2 is 2.12 bits per heavy atom. The fourth-order valence-corrected chi connectivity index (χ4v) is 2.18. The SMILES string of the molecule is CC(C)CCNC(C)c1ccc2c(c1)CCO2. The molecule has 17 heavy (non-hydrogen) atoms. The first-order valence-corrected chi connectivity index (χ1v) is 6.66. The molecule has 1 aliphatic heterocycles.